The summed E-state index contributed by atoms with van der Waals surface area (Å²) in [5.74, 6) is 2.01. The highest BCUT2D eigenvalue weighted by Gasteiger charge is 2.15. The van der Waals surface area contributed by atoms with Crippen molar-refractivity contribution in [1.82, 2.24) is 5.32 Å². The Morgan fingerprint density at radius 1 is 0.931 bits per heavy atom. The van der Waals surface area contributed by atoms with Gasteiger partial charge in [-0.1, -0.05) is 12.1 Å². The van der Waals surface area contributed by atoms with E-state index in [-0.39, 0.29) is 18.6 Å². The van der Waals surface area contributed by atoms with E-state index in [9.17, 15) is 4.79 Å². The second-order valence-electron chi connectivity index (χ2n) is 7.29. The molecule has 29 heavy (non-hydrogen) atoms. The number of fused-ring (bicyclic) bond motifs is 1. The van der Waals surface area contributed by atoms with Crippen molar-refractivity contribution in [2.24, 2.45) is 0 Å². The van der Waals surface area contributed by atoms with E-state index in [1.165, 1.54) is 24.0 Å². The van der Waals surface area contributed by atoms with Gasteiger partial charge in [0.2, 0.25) is 0 Å². The first-order valence-corrected chi connectivity index (χ1v) is 10.5. The number of hydrogen-bond acceptors (Lipinski definition) is 4. The molecule has 0 aromatic heterocycles. The Bertz CT molecular complexity index is 834. The average molecular weight is 398 g/mol. The van der Waals surface area contributed by atoms with Crippen molar-refractivity contribution in [3.63, 3.8) is 0 Å². The van der Waals surface area contributed by atoms with Crippen LogP contribution in [-0.2, 0) is 17.6 Å². The smallest absolute Gasteiger partial charge is 0.258 e. The fourth-order valence-electron chi connectivity index (χ4n) is 3.65. The molecule has 1 amide bonds. The lowest BCUT2D eigenvalue weighted by molar-refractivity contribution is -0.123. The van der Waals surface area contributed by atoms with Crippen molar-refractivity contribution in [2.45, 2.75) is 52.5 Å². The van der Waals surface area contributed by atoms with Gasteiger partial charge in [-0.2, -0.15) is 0 Å². The quantitative estimate of drug-likeness (QED) is 0.671. The zero-order chi connectivity index (χ0) is 20.6. The predicted octanol–water partition coefficient (Wildman–Crippen LogP) is 4.62. The van der Waals surface area contributed by atoms with Gasteiger partial charge >= 0.3 is 0 Å². The van der Waals surface area contributed by atoms with Gasteiger partial charge in [-0.25, -0.2) is 0 Å². The number of hydrogen-bond donors (Lipinski definition) is 1. The maximum atomic E-state index is 12.4. The van der Waals surface area contributed by atoms with Gasteiger partial charge in [-0.15, -0.1) is 0 Å². The summed E-state index contributed by atoms with van der Waals surface area (Å²) >= 11 is 0. The van der Waals surface area contributed by atoms with Crippen LogP contribution in [0.4, 0.5) is 0 Å². The molecular weight excluding hydrogens is 366 g/mol. The van der Waals surface area contributed by atoms with E-state index >= 15 is 0 Å². The van der Waals surface area contributed by atoms with Crippen LogP contribution in [0.25, 0.3) is 0 Å². The fraction of sp³-hybridized carbons (Fsp3) is 0.458. The summed E-state index contributed by atoms with van der Waals surface area (Å²) < 4.78 is 17.0. The van der Waals surface area contributed by atoms with E-state index < -0.39 is 0 Å². The first-order chi connectivity index (χ1) is 14.1. The third-order valence-electron chi connectivity index (χ3n) is 5.13. The second kappa shape index (κ2) is 10.2. The third-order valence-corrected chi connectivity index (χ3v) is 5.13. The first-order valence-electron chi connectivity index (χ1n) is 10.5. The highest BCUT2D eigenvalue weighted by molar-refractivity contribution is 5.78. The molecule has 1 atom stereocenters. The van der Waals surface area contributed by atoms with Crippen molar-refractivity contribution >= 4 is 5.91 Å². The van der Waals surface area contributed by atoms with Gasteiger partial charge in [0.15, 0.2) is 18.1 Å². The molecule has 0 unspecified atom stereocenters. The van der Waals surface area contributed by atoms with Crippen molar-refractivity contribution in [3.05, 3.63) is 53.1 Å². The summed E-state index contributed by atoms with van der Waals surface area (Å²) in [7, 11) is 0. The van der Waals surface area contributed by atoms with Crippen molar-refractivity contribution < 1.29 is 19.0 Å². The Morgan fingerprint density at radius 2 is 1.66 bits per heavy atom. The second-order valence-corrected chi connectivity index (χ2v) is 7.29. The normalized spacial score (nSPS) is 13.9. The summed E-state index contributed by atoms with van der Waals surface area (Å²) in [6, 6.07) is 11.8. The van der Waals surface area contributed by atoms with Gasteiger partial charge < -0.3 is 19.5 Å². The van der Waals surface area contributed by atoms with Crippen LogP contribution in [0.3, 0.4) is 0 Å². The predicted molar refractivity (Wildman–Crippen MR) is 114 cm³/mol. The van der Waals surface area contributed by atoms with Crippen molar-refractivity contribution in [3.8, 4) is 17.2 Å². The van der Waals surface area contributed by atoms with Gasteiger partial charge in [0.05, 0.1) is 19.3 Å². The number of rotatable bonds is 9. The van der Waals surface area contributed by atoms with Crippen LogP contribution < -0.4 is 19.5 Å². The first kappa shape index (κ1) is 21.0. The standard InChI is InChI=1S/C24H31NO4/c1-4-27-22-13-11-19(15-23(22)28-5-2)17(3)25-24(26)16-29-21-12-10-18-8-6-7-9-20(18)14-21/h10-15,17H,4-9,16H2,1-3H3,(H,25,26)/t17-/m0/s1. The maximum absolute atomic E-state index is 12.4. The van der Waals surface area contributed by atoms with E-state index in [2.05, 4.69) is 17.4 Å². The Morgan fingerprint density at radius 3 is 2.41 bits per heavy atom. The minimum Gasteiger partial charge on any atom is -0.490 e. The van der Waals surface area contributed by atoms with Crippen molar-refractivity contribution in [2.75, 3.05) is 19.8 Å². The van der Waals surface area contributed by atoms with Crippen LogP contribution >= 0.6 is 0 Å². The zero-order valence-electron chi connectivity index (χ0n) is 17.6. The number of amides is 1. The Kier molecular flexibility index (Phi) is 7.39. The van der Waals surface area contributed by atoms with E-state index in [0.29, 0.717) is 24.7 Å². The number of nitrogens with one attached hydrogen (secondary N) is 1. The molecule has 5 nitrogen and oxygen atoms in total. The minimum atomic E-state index is -0.162. The number of benzene rings is 2. The molecule has 0 spiro atoms. The fourth-order valence-corrected chi connectivity index (χ4v) is 3.65. The minimum absolute atomic E-state index is 0.00151. The molecule has 0 fully saturated rings. The summed E-state index contributed by atoms with van der Waals surface area (Å²) in [6.45, 7) is 6.95. The molecule has 1 aliphatic rings. The Labute approximate surface area is 173 Å². The summed E-state index contributed by atoms with van der Waals surface area (Å²) in [5, 5.41) is 2.99. The molecule has 0 saturated carbocycles. The lowest BCUT2D eigenvalue weighted by Crippen LogP contribution is -2.31. The van der Waals surface area contributed by atoms with E-state index in [1.807, 2.05) is 45.0 Å². The Balaban J connectivity index is 1.56. The van der Waals surface area contributed by atoms with Gasteiger partial charge in [0.25, 0.3) is 5.91 Å². The van der Waals surface area contributed by atoms with E-state index in [1.54, 1.807) is 0 Å². The molecule has 5 heteroatoms. The molecule has 0 radical (unpaired) electrons. The molecule has 0 heterocycles. The van der Waals surface area contributed by atoms with Crippen LogP contribution in [0.15, 0.2) is 36.4 Å². The van der Waals surface area contributed by atoms with Gasteiger partial charge in [0.1, 0.15) is 5.75 Å². The van der Waals surface area contributed by atoms with Crippen LogP contribution in [0.2, 0.25) is 0 Å². The number of ether oxygens (including phenoxy) is 3. The lowest BCUT2D eigenvalue weighted by atomic mass is 9.92. The highest BCUT2D eigenvalue weighted by Crippen LogP contribution is 2.31. The topological polar surface area (TPSA) is 56.8 Å². The highest BCUT2D eigenvalue weighted by atomic mass is 16.5. The number of carbonyl (C=O) groups is 1. The van der Waals surface area contributed by atoms with E-state index in [0.717, 1.165) is 24.2 Å². The molecule has 1 aliphatic carbocycles. The monoisotopic (exact) mass is 397 g/mol. The van der Waals surface area contributed by atoms with Crippen molar-refractivity contribution in [1.29, 1.82) is 0 Å². The molecule has 1 N–H and O–H groups in total. The largest absolute Gasteiger partial charge is 0.490 e. The molecule has 0 aliphatic heterocycles. The number of carbonyl (C=O) groups excluding carboxylic acids is 1. The van der Waals surface area contributed by atoms with Gasteiger partial charge in [-0.3, -0.25) is 4.79 Å². The number of aryl methyl sites for hydroxylation is 2. The van der Waals surface area contributed by atoms with E-state index in [4.69, 9.17) is 14.2 Å². The summed E-state index contributed by atoms with van der Waals surface area (Å²) in [6.07, 6.45) is 4.71. The van der Waals surface area contributed by atoms with Crippen LogP contribution in [0.1, 0.15) is 56.3 Å². The maximum Gasteiger partial charge on any atom is 0.258 e. The van der Waals surface area contributed by atoms with Gasteiger partial charge in [-0.05, 0) is 87.4 Å². The average Bonchev–Trinajstić information content (AvgIpc) is 2.73. The molecular formula is C24H31NO4. The van der Waals surface area contributed by atoms with Crippen LogP contribution in [0, 0.1) is 0 Å². The molecule has 0 bridgehead atoms. The van der Waals surface area contributed by atoms with Gasteiger partial charge in [0, 0.05) is 0 Å². The molecule has 2 aromatic rings. The molecule has 2 aromatic carbocycles. The SMILES string of the molecule is CCOc1ccc([C@H](C)NC(=O)COc2ccc3c(c2)CCCC3)cc1OCC. The lowest BCUT2D eigenvalue weighted by Gasteiger charge is -2.18. The van der Waals surface area contributed by atoms with Crippen LogP contribution in [-0.4, -0.2) is 25.7 Å². The zero-order valence-corrected chi connectivity index (χ0v) is 17.6. The summed E-state index contributed by atoms with van der Waals surface area (Å²) in [4.78, 5) is 12.4. The molecule has 156 valence electrons. The van der Waals surface area contributed by atoms with Crippen LogP contribution in [0.5, 0.6) is 17.2 Å². The molecule has 3 rings (SSSR count). The Hall–Kier alpha value is -2.69. The third kappa shape index (κ3) is 5.66. The molecule has 0 saturated heterocycles. The summed E-state index contributed by atoms with van der Waals surface area (Å²) in [5.41, 5.74) is 3.71.